The average molecular weight is 267 g/mol. The topological polar surface area (TPSA) is 66.4 Å². The van der Waals surface area contributed by atoms with Crippen molar-refractivity contribution in [2.75, 3.05) is 6.54 Å². The fraction of sp³-hybridized carbons (Fsp3) is 0.385. The molecule has 0 aliphatic heterocycles. The Morgan fingerprint density at radius 3 is 2.83 bits per heavy atom. The van der Waals surface area contributed by atoms with Crippen LogP contribution in [0.5, 0.6) is 0 Å². The third-order valence-electron chi connectivity index (χ3n) is 2.31. The molecule has 1 heterocycles. The van der Waals surface area contributed by atoms with Gasteiger partial charge in [0.25, 0.3) is 5.91 Å². The van der Waals surface area contributed by atoms with E-state index < -0.39 is 5.97 Å². The van der Waals surface area contributed by atoms with Crippen LogP contribution in [0.15, 0.2) is 17.5 Å². The van der Waals surface area contributed by atoms with E-state index in [1.54, 1.807) is 11.4 Å². The van der Waals surface area contributed by atoms with Gasteiger partial charge >= 0.3 is 5.97 Å². The van der Waals surface area contributed by atoms with Crippen molar-refractivity contribution >= 4 is 29.3 Å². The van der Waals surface area contributed by atoms with Gasteiger partial charge < -0.3 is 10.4 Å². The summed E-state index contributed by atoms with van der Waals surface area (Å²) in [5.74, 6) is -0.622. The van der Waals surface area contributed by atoms with Crippen LogP contribution in [0.3, 0.4) is 0 Å². The summed E-state index contributed by atoms with van der Waals surface area (Å²) in [5.41, 5.74) is 0.643. The van der Waals surface area contributed by atoms with Gasteiger partial charge in [0.15, 0.2) is 0 Å². The molecular weight excluding hydrogens is 250 g/mol. The summed E-state index contributed by atoms with van der Waals surface area (Å²) in [7, 11) is 0. The van der Waals surface area contributed by atoms with Crippen molar-refractivity contribution in [3.8, 4) is 0 Å². The molecule has 0 saturated heterocycles. The van der Waals surface area contributed by atoms with E-state index in [0.29, 0.717) is 22.9 Å². The van der Waals surface area contributed by atoms with Crippen LogP contribution < -0.4 is 5.32 Å². The van der Waals surface area contributed by atoms with Gasteiger partial charge in [-0.25, -0.2) is 4.79 Å². The zero-order valence-electron chi connectivity index (χ0n) is 10.5. The minimum atomic E-state index is -1.02. The minimum absolute atomic E-state index is 0.143. The lowest BCUT2D eigenvalue weighted by molar-refractivity contribution is -0.131. The third-order valence-corrected chi connectivity index (χ3v) is 3.24. The standard InChI is InChI=1S/C13H17NO3S/c1-9(2)5-7-14-13(17)12-10(6-8-18-12)3-4-11(15)16/h3-4,6,8-9H,5,7H2,1-2H3,(H,14,17)(H,15,16)/b4-3+. The maximum atomic E-state index is 11.9. The number of thiophene rings is 1. The summed E-state index contributed by atoms with van der Waals surface area (Å²) in [6.07, 6.45) is 3.40. The minimum Gasteiger partial charge on any atom is -0.478 e. The number of amides is 1. The van der Waals surface area contributed by atoms with Gasteiger partial charge in [-0.15, -0.1) is 11.3 Å². The van der Waals surface area contributed by atoms with Gasteiger partial charge in [-0.05, 0) is 35.4 Å². The van der Waals surface area contributed by atoms with Crippen LogP contribution in [0.4, 0.5) is 0 Å². The predicted molar refractivity (Wildman–Crippen MR) is 72.8 cm³/mol. The second kappa shape index (κ2) is 6.96. The second-order valence-corrected chi connectivity index (χ2v) is 5.23. The molecule has 0 aromatic carbocycles. The quantitative estimate of drug-likeness (QED) is 0.779. The van der Waals surface area contributed by atoms with Crippen molar-refractivity contribution < 1.29 is 14.7 Å². The lowest BCUT2D eigenvalue weighted by atomic mass is 10.1. The van der Waals surface area contributed by atoms with Gasteiger partial charge in [-0.3, -0.25) is 4.79 Å². The molecular formula is C13H17NO3S. The average Bonchev–Trinajstić information content (AvgIpc) is 2.73. The van der Waals surface area contributed by atoms with Crippen molar-refractivity contribution in [1.82, 2.24) is 5.32 Å². The SMILES string of the molecule is CC(C)CCNC(=O)c1sccc1/C=C/C(=O)O. The Morgan fingerprint density at radius 2 is 2.22 bits per heavy atom. The van der Waals surface area contributed by atoms with E-state index in [1.807, 2.05) is 0 Å². The van der Waals surface area contributed by atoms with E-state index in [9.17, 15) is 9.59 Å². The number of carbonyl (C=O) groups excluding carboxylic acids is 1. The molecule has 1 amide bonds. The molecule has 0 bridgehead atoms. The molecule has 0 aliphatic rings. The normalized spacial score (nSPS) is 11.1. The van der Waals surface area contributed by atoms with E-state index in [0.717, 1.165) is 12.5 Å². The highest BCUT2D eigenvalue weighted by Crippen LogP contribution is 2.18. The number of nitrogens with one attached hydrogen (secondary N) is 1. The highest BCUT2D eigenvalue weighted by atomic mass is 32.1. The zero-order chi connectivity index (χ0) is 13.5. The molecule has 1 rings (SSSR count). The molecule has 1 aromatic rings. The molecule has 0 saturated carbocycles. The summed E-state index contributed by atoms with van der Waals surface area (Å²) in [4.78, 5) is 22.9. The van der Waals surface area contributed by atoms with Gasteiger partial charge in [-0.1, -0.05) is 13.8 Å². The fourth-order valence-electron chi connectivity index (χ4n) is 1.35. The first-order chi connectivity index (χ1) is 8.50. The summed E-state index contributed by atoms with van der Waals surface area (Å²) in [5, 5.41) is 13.2. The Morgan fingerprint density at radius 1 is 1.50 bits per heavy atom. The van der Waals surface area contributed by atoms with Crippen LogP contribution in [0.1, 0.15) is 35.5 Å². The first-order valence-corrected chi connectivity index (χ1v) is 6.65. The first-order valence-electron chi connectivity index (χ1n) is 5.77. The highest BCUT2D eigenvalue weighted by molar-refractivity contribution is 7.12. The lowest BCUT2D eigenvalue weighted by Crippen LogP contribution is -2.25. The number of aliphatic carboxylic acids is 1. The Bertz CT molecular complexity index is 449. The van der Waals surface area contributed by atoms with Crippen molar-refractivity contribution in [1.29, 1.82) is 0 Å². The molecule has 18 heavy (non-hydrogen) atoms. The maximum absolute atomic E-state index is 11.9. The van der Waals surface area contributed by atoms with Crippen LogP contribution >= 0.6 is 11.3 Å². The first kappa shape index (κ1) is 14.4. The molecule has 2 N–H and O–H groups in total. The molecule has 0 atom stereocenters. The monoisotopic (exact) mass is 267 g/mol. The summed E-state index contributed by atoms with van der Waals surface area (Å²) < 4.78 is 0. The van der Waals surface area contributed by atoms with E-state index >= 15 is 0 Å². The molecule has 0 spiro atoms. The summed E-state index contributed by atoms with van der Waals surface area (Å²) in [6, 6.07) is 1.74. The van der Waals surface area contributed by atoms with Gasteiger partial charge in [0.2, 0.25) is 0 Å². The molecule has 5 heteroatoms. The summed E-state index contributed by atoms with van der Waals surface area (Å²) in [6.45, 7) is 4.83. The van der Waals surface area contributed by atoms with Crippen LogP contribution in [-0.2, 0) is 4.79 Å². The smallest absolute Gasteiger partial charge is 0.328 e. The van der Waals surface area contributed by atoms with Crippen molar-refractivity contribution in [2.45, 2.75) is 20.3 Å². The molecule has 1 aromatic heterocycles. The van der Waals surface area contributed by atoms with Crippen molar-refractivity contribution in [3.63, 3.8) is 0 Å². The van der Waals surface area contributed by atoms with E-state index in [2.05, 4.69) is 19.2 Å². The van der Waals surface area contributed by atoms with Crippen molar-refractivity contribution in [2.24, 2.45) is 5.92 Å². The van der Waals surface area contributed by atoms with E-state index in [4.69, 9.17) is 5.11 Å². The molecule has 4 nitrogen and oxygen atoms in total. The highest BCUT2D eigenvalue weighted by Gasteiger charge is 2.11. The van der Waals surface area contributed by atoms with Crippen LogP contribution in [0.2, 0.25) is 0 Å². The molecule has 0 fully saturated rings. The Balaban J connectivity index is 2.63. The van der Waals surface area contributed by atoms with Gasteiger partial charge in [0.05, 0.1) is 4.88 Å². The molecule has 0 radical (unpaired) electrons. The number of carboxylic acid groups (broad SMARTS) is 1. The number of hydrogen-bond acceptors (Lipinski definition) is 3. The second-order valence-electron chi connectivity index (χ2n) is 4.32. The Kier molecular flexibility index (Phi) is 5.58. The zero-order valence-corrected chi connectivity index (χ0v) is 11.3. The molecule has 0 aliphatic carbocycles. The largest absolute Gasteiger partial charge is 0.478 e. The lowest BCUT2D eigenvalue weighted by Gasteiger charge is -2.06. The van der Waals surface area contributed by atoms with Gasteiger partial charge in [0, 0.05) is 12.6 Å². The Labute approximate surface area is 110 Å². The van der Waals surface area contributed by atoms with Gasteiger partial charge in [-0.2, -0.15) is 0 Å². The van der Waals surface area contributed by atoms with Crippen LogP contribution in [0, 0.1) is 5.92 Å². The fourth-order valence-corrected chi connectivity index (χ4v) is 2.15. The van der Waals surface area contributed by atoms with Gasteiger partial charge in [0.1, 0.15) is 0 Å². The predicted octanol–water partition coefficient (Wildman–Crippen LogP) is 2.62. The van der Waals surface area contributed by atoms with E-state index in [-0.39, 0.29) is 5.91 Å². The molecule has 98 valence electrons. The number of rotatable bonds is 6. The molecule has 0 unspecified atom stereocenters. The van der Waals surface area contributed by atoms with Crippen LogP contribution in [-0.4, -0.2) is 23.5 Å². The summed E-state index contributed by atoms with van der Waals surface area (Å²) >= 11 is 1.31. The Hall–Kier alpha value is -1.62. The van der Waals surface area contributed by atoms with E-state index in [1.165, 1.54) is 17.4 Å². The third kappa shape index (κ3) is 4.71. The van der Waals surface area contributed by atoms with Crippen molar-refractivity contribution in [3.05, 3.63) is 28.0 Å². The number of carboxylic acids is 1. The number of carbonyl (C=O) groups is 2. The maximum Gasteiger partial charge on any atom is 0.328 e. The number of hydrogen-bond donors (Lipinski definition) is 2. The van der Waals surface area contributed by atoms with Crippen LogP contribution in [0.25, 0.3) is 6.08 Å².